The van der Waals surface area contributed by atoms with Crippen LogP contribution in [-0.4, -0.2) is 33.8 Å². The number of ether oxygens (including phenoxy) is 1. The number of fused-ring (bicyclic) bond motifs is 1. The number of imidazole rings is 1. The Labute approximate surface area is 112 Å². The lowest BCUT2D eigenvalue weighted by molar-refractivity contribution is 0.177. The summed E-state index contributed by atoms with van der Waals surface area (Å²) < 4.78 is 7.74. The molecular weight excluding hydrogens is 240 g/mol. The van der Waals surface area contributed by atoms with Gasteiger partial charge in [-0.15, -0.1) is 0 Å². The van der Waals surface area contributed by atoms with E-state index in [0.29, 0.717) is 19.3 Å². The molecule has 2 aromatic heterocycles. The fourth-order valence-electron chi connectivity index (χ4n) is 2.74. The average Bonchev–Trinajstić information content (AvgIpc) is 2.92. The van der Waals surface area contributed by atoms with E-state index < -0.39 is 0 Å². The molecule has 19 heavy (non-hydrogen) atoms. The summed E-state index contributed by atoms with van der Waals surface area (Å²) in [6, 6.07) is 4.17. The van der Waals surface area contributed by atoms with Crippen LogP contribution < -0.4 is 5.73 Å². The Morgan fingerprint density at radius 1 is 1.53 bits per heavy atom. The van der Waals surface area contributed by atoms with Crippen LogP contribution in [0.1, 0.15) is 32.6 Å². The first-order valence-electron chi connectivity index (χ1n) is 6.71. The molecular formula is C14H20N4O. The van der Waals surface area contributed by atoms with E-state index >= 15 is 0 Å². The Hall–Kier alpha value is -1.46. The minimum absolute atomic E-state index is 0.0261. The average molecular weight is 260 g/mol. The van der Waals surface area contributed by atoms with Gasteiger partial charge in [0.1, 0.15) is 11.3 Å². The molecule has 0 bridgehead atoms. The molecule has 1 aliphatic heterocycles. The first-order chi connectivity index (χ1) is 9.04. The van der Waals surface area contributed by atoms with Gasteiger partial charge in [0, 0.05) is 18.3 Å². The first-order valence-corrected chi connectivity index (χ1v) is 6.71. The molecule has 2 aromatic rings. The van der Waals surface area contributed by atoms with Crippen molar-refractivity contribution >= 4 is 11.2 Å². The molecule has 1 aliphatic rings. The minimum Gasteiger partial charge on any atom is -0.379 e. The van der Waals surface area contributed by atoms with Crippen LogP contribution in [0.4, 0.5) is 0 Å². The van der Waals surface area contributed by atoms with Crippen molar-refractivity contribution in [2.24, 2.45) is 5.73 Å². The summed E-state index contributed by atoms with van der Waals surface area (Å²) in [5.74, 6) is 0.987. The maximum absolute atomic E-state index is 6.24. The summed E-state index contributed by atoms with van der Waals surface area (Å²) >= 11 is 0. The number of hydrogen-bond acceptors (Lipinski definition) is 4. The van der Waals surface area contributed by atoms with Gasteiger partial charge < -0.3 is 15.0 Å². The molecule has 1 fully saturated rings. The second kappa shape index (κ2) is 4.28. The van der Waals surface area contributed by atoms with Gasteiger partial charge in [0.2, 0.25) is 0 Å². The van der Waals surface area contributed by atoms with Gasteiger partial charge in [-0.2, -0.15) is 0 Å². The molecule has 0 spiro atoms. The van der Waals surface area contributed by atoms with Crippen LogP contribution in [0.3, 0.4) is 0 Å². The quantitative estimate of drug-likeness (QED) is 0.891. The van der Waals surface area contributed by atoms with Gasteiger partial charge in [0.15, 0.2) is 5.65 Å². The van der Waals surface area contributed by atoms with Gasteiger partial charge in [-0.05, 0) is 32.9 Å². The number of rotatable bonds is 2. The predicted octanol–water partition coefficient (Wildman–Crippen LogP) is 1.63. The molecule has 2 unspecified atom stereocenters. The highest BCUT2D eigenvalue weighted by Gasteiger charge is 2.43. The van der Waals surface area contributed by atoms with E-state index in [1.807, 2.05) is 12.1 Å². The van der Waals surface area contributed by atoms with Crippen molar-refractivity contribution in [1.82, 2.24) is 14.5 Å². The Morgan fingerprint density at radius 3 is 2.95 bits per heavy atom. The van der Waals surface area contributed by atoms with Crippen molar-refractivity contribution in [1.29, 1.82) is 0 Å². The van der Waals surface area contributed by atoms with Gasteiger partial charge in [-0.1, -0.05) is 0 Å². The van der Waals surface area contributed by atoms with Crippen molar-refractivity contribution in [3.8, 4) is 0 Å². The highest BCUT2D eigenvalue weighted by atomic mass is 16.5. The first kappa shape index (κ1) is 12.6. The summed E-state index contributed by atoms with van der Waals surface area (Å²) in [7, 11) is 0. The summed E-state index contributed by atoms with van der Waals surface area (Å²) in [4.78, 5) is 9.25. The molecule has 5 heteroatoms. The smallest absolute Gasteiger partial charge is 0.160 e. The summed E-state index contributed by atoms with van der Waals surface area (Å²) in [6.45, 7) is 7.62. The fourth-order valence-corrected chi connectivity index (χ4v) is 2.74. The zero-order chi connectivity index (χ0) is 13.6. The van der Waals surface area contributed by atoms with Crippen LogP contribution in [0, 0.1) is 0 Å². The monoisotopic (exact) mass is 260 g/mol. The number of nitrogens with two attached hydrogens (primary N) is 1. The maximum Gasteiger partial charge on any atom is 0.160 e. The van der Waals surface area contributed by atoms with Crippen molar-refractivity contribution in [2.45, 2.75) is 38.3 Å². The van der Waals surface area contributed by atoms with E-state index in [1.54, 1.807) is 6.20 Å². The molecule has 2 N–H and O–H groups in total. The number of hydrogen-bond donors (Lipinski definition) is 1. The zero-order valence-electron chi connectivity index (χ0n) is 11.6. The van der Waals surface area contributed by atoms with Crippen molar-refractivity contribution in [3.63, 3.8) is 0 Å². The topological polar surface area (TPSA) is 66.0 Å². The second-order valence-corrected chi connectivity index (χ2v) is 5.78. The molecule has 5 nitrogen and oxygen atoms in total. The van der Waals surface area contributed by atoms with Crippen molar-refractivity contribution in [2.75, 3.05) is 13.2 Å². The predicted molar refractivity (Wildman–Crippen MR) is 74.1 cm³/mol. The fraction of sp³-hybridized carbons (Fsp3) is 0.571. The van der Waals surface area contributed by atoms with Gasteiger partial charge >= 0.3 is 0 Å². The normalized spacial score (nSPS) is 27.5. The Morgan fingerprint density at radius 2 is 2.32 bits per heavy atom. The van der Waals surface area contributed by atoms with Gasteiger partial charge in [0.05, 0.1) is 18.6 Å². The number of aromatic nitrogens is 3. The van der Waals surface area contributed by atoms with Crippen LogP contribution in [0.2, 0.25) is 0 Å². The molecule has 0 radical (unpaired) electrons. The van der Waals surface area contributed by atoms with Crippen LogP contribution in [-0.2, 0) is 10.2 Å². The van der Waals surface area contributed by atoms with E-state index in [1.165, 1.54) is 0 Å². The molecule has 0 aliphatic carbocycles. The van der Waals surface area contributed by atoms with Gasteiger partial charge in [0.25, 0.3) is 0 Å². The van der Waals surface area contributed by atoms with E-state index in [4.69, 9.17) is 15.5 Å². The molecule has 2 atom stereocenters. The van der Waals surface area contributed by atoms with Crippen LogP contribution in [0.15, 0.2) is 18.3 Å². The number of pyridine rings is 1. The van der Waals surface area contributed by atoms with Crippen molar-refractivity contribution in [3.05, 3.63) is 24.2 Å². The Kier molecular flexibility index (Phi) is 2.83. The third kappa shape index (κ3) is 1.76. The maximum atomic E-state index is 6.24. The van der Waals surface area contributed by atoms with Gasteiger partial charge in [-0.25, -0.2) is 9.97 Å². The minimum atomic E-state index is -0.245. The lowest BCUT2D eigenvalue weighted by Gasteiger charge is -2.28. The van der Waals surface area contributed by atoms with Gasteiger partial charge in [-0.3, -0.25) is 0 Å². The van der Waals surface area contributed by atoms with Crippen molar-refractivity contribution < 1.29 is 4.74 Å². The summed E-state index contributed by atoms with van der Waals surface area (Å²) in [5, 5.41) is 0. The summed E-state index contributed by atoms with van der Waals surface area (Å²) in [6.07, 6.45) is 1.81. The lowest BCUT2D eigenvalue weighted by Crippen LogP contribution is -2.44. The summed E-state index contributed by atoms with van der Waals surface area (Å²) in [5.41, 5.74) is 7.84. The molecule has 0 amide bonds. The Bertz CT molecular complexity index is 607. The highest BCUT2D eigenvalue weighted by molar-refractivity contribution is 5.71. The molecule has 0 saturated carbocycles. The molecule has 0 aromatic carbocycles. The Balaban J connectivity index is 2.26. The van der Waals surface area contributed by atoms with E-state index in [2.05, 4.69) is 30.3 Å². The van der Waals surface area contributed by atoms with E-state index in [9.17, 15) is 0 Å². The number of nitrogens with zero attached hydrogens (tertiary/aromatic N) is 3. The third-order valence-electron chi connectivity index (χ3n) is 3.99. The highest BCUT2D eigenvalue weighted by Crippen LogP contribution is 2.34. The van der Waals surface area contributed by atoms with Crippen LogP contribution >= 0.6 is 0 Å². The molecule has 102 valence electrons. The lowest BCUT2D eigenvalue weighted by atomic mass is 9.84. The SMILES string of the molecule is CC(C)n1c(C2(C)COCC2N)nc2cccnc21. The second-order valence-electron chi connectivity index (χ2n) is 5.78. The largest absolute Gasteiger partial charge is 0.379 e. The zero-order valence-corrected chi connectivity index (χ0v) is 11.6. The van der Waals surface area contributed by atoms with Crippen LogP contribution in [0.5, 0.6) is 0 Å². The van der Waals surface area contributed by atoms with E-state index in [0.717, 1.165) is 17.0 Å². The third-order valence-corrected chi connectivity index (χ3v) is 3.99. The molecule has 1 saturated heterocycles. The molecule has 3 heterocycles. The van der Waals surface area contributed by atoms with E-state index in [-0.39, 0.29) is 11.5 Å². The van der Waals surface area contributed by atoms with Crippen LogP contribution in [0.25, 0.3) is 11.2 Å². The molecule has 3 rings (SSSR count). The standard InChI is InChI=1S/C14H20N4O/c1-9(2)18-12-10(5-4-6-16-12)17-13(18)14(3)8-19-7-11(14)15/h4-6,9,11H,7-8,15H2,1-3H3.